The number of anilines is 1. The molecule has 0 aliphatic carbocycles. The first kappa shape index (κ1) is 18.0. The van der Waals surface area contributed by atoms with Gasteiger partial charge in [-0.1, -0.05) is 18.2 Å². The third-order valence-corrected chi connectivity index (χ3v) is 4.89. The lowest BCUT2D eigenvalue weighted by atomic mass is 10.2. The third-order valence-electron chi connectivity index (χ3n) is 4.89. The molecule has 0 radical (unpaired) electrons. The van der Waals surface area contributed by atoms with Crippen LogP contribution in [0.3, 0.4) is 0 Å². The highest BCUT2D eigenvalue weighted by molar-refractivity contribution is 5.80. The zero-order valence-corrected chi connectivity index (χ0v) is 16.1. The predicted octanol–water partition coefficient (Wildman–Crippen LogP) is 2.16. The van der Waals surface area contributed by atoms with Crippen molar-refractivity contribution in [3.63, 3.8) is 0 Å². The molecular formula is C21H25N7. The number of pyridine rings is 1. The average Bonchev–Trinajstić information content (AvgIpc) is 3.31. The number of rotatable bonds is 4. The van der Waals surface area contributed by atoms with E-state index in [0.29, 0.717) is 0 Å². The van der Waals surface area contributed by atoms with E-state index in [-0.39, 0.29) is 0 Å². The van der Waals surface area contributed by atoms with E-state index in [0.717, 1.165) is 50.2 Å². The molecule has 4 rings (SSSR count). The van der Waals surface area contributed by atoms with Crippen LogP contribution in [0.15, 0.2) is 72.1 Å². The van der Waals surface area contributed by atoms with Crippen LogP contribution in [-0.2, 0) is 6.54 Å². The zero-order chi connectivity index (χ0) is 19.2. The molecule has 0 unspecified atom stereocenters. The van der Waals surface area contributed by atoms with Gasteiger partial charge in [-0.05, 0) is 35.9 Å². The second-order valence-corrected chi connectivity index (χ2v) is 6.68. The predicted molar refractivity (Wildman–Crippen MR) is 112 cm³/mol. The molecule has 144 valence electrons. The van der Waals surface area contributed by atoms with Crippen LogP contribution >= 0.6 is 0 Å². The van der Waals surface area contributed by atoms with E-state index in [4.69, 9.17) is 0 Å². The van der Waals surface area contributed by atoms with Gasteiger partial charge >= 0.3 is 0 Å². The highest BCUT2D eigenvalue weighted by Crippen LogP contribution is 2.13. The Labute approximate surface area is 165 Å². The third kappa shape index (κ3) is 4.14. The number of aromatic nitrogens is 3. The van der Waals surface area contributed by atoms with Gasteiger partial charge in [0.15, 0.2) is 5.96 Å². The quantitative estimate of drug-likeness (QED) is 0.559. The number of hydrogen-bond donors (Lipinski definition) is 1. The van der Waals surface area contributed by atoms with Crippen LogP contribution in [0.4, 0.5) is 5.82 Å². The Bertz CT molecular complexity index is 898. The summed E-state index contributed by atoms with van der Waals surface area (Å²) in [5, 5.41) is 7.79. The minimum absolute atomic E-state index is 0.724. The number of aliphatic imine (C=N–C) groups is 1. The summed E-state index contributed by atoms with van der Waals surface area (Å²) in [4.78, 5) is 13.5. The normalized spacial score (nSPS) is 15.0. The molecule has 3 aromatic rings. The first-order valence-electron chi connectivity index (χ1n) is 9.54. The van der Waals surface area contributed by atoms with E-state index in [2.05, 4.69) is 60.5 Å². The molecule has 7 heteroatoms. The molecule has 2 aromatic heterocycles. The van der Waals surface area contributed by atoms with Crippen LogP contribution in [0.25, 0.3) is 5.69 Å². The fourth-order valence-electron chi connectivity index (χ4n) is 3.43. The van der Waals surface area contributed by atoms with Crippen molar-refractivity contribution < 1.29 is 0 Å². The summed E-state index contributed by atoms with van der Waals surface area (Å²) in [5.74, 6) is 1.98. The van der Waals surface area contributed by atoms with Gasteiger partial charge in [-0.25, -0.2) is 9.67 Å². The van der Waals surface area contributed by atoms with Crippen LogP contribution in [0.2, 0.25) is 0 Å². The minimum atomic E-state index is 0.724. The number of guanidine groups is 1. The van der Waals surface area contributed by atoms with E-state index >= 15 is 0 Å². The maximum atomic E-state index is 4.48. The molecule has 7 nitrogen and oxygen atoms in total. The van der Waals surface area contributed by atoms with E-state index in [9.17, 15) is 0 Å². The van der Waals surface area contributed by atoms with E-state index in [1.165, 1.54) is 5.56 Å². The molecule has 28 heavy (non-hydrogen) atoms. The number of piperazine rings is 1. The Kier molecular flexibility index (Phi) is 5.51. The van der Waals surface area contributed by atoms with Crippen molar-refractivity contribution in [1.29, 1.82) is 0 Å². The van der Waals surface area contributed by atoms with Crippen LogP contribution in [0, 0.1) is 0 Å². The monoisotopic (exact) mass is 375 g/mol. The molecule has 0 atom stereocenters. The topological polar surface area (TPSA) is 61.6 Å². The lowest BCUT2D eigenvalue weighted by molar-refractivity contribution is 0.371. The molecule has 0 saturated carbocycles. The smallest absolute Gasteiger partial charge is 0.194 e. The van der Waals surface area contributed by atoms with Crippen molar-refractivity contribution >= 4 is 11.8 Å². The fraction of sp³-hybridized carbons (Fsp3) is 0.286. The van der Waals surface area contributed by atoms with Gasteiger partial charge in [-0.15, -0.1) is 0 Å². The standard InChI is InChI=1S/C21H25N7/c1-22-21(27-14-12-26(13-15-27)20-8-2-3-9-23-20)24-17-18-6-4-7-19(16-18)28-11-5-10-25-28/h2-11,16H,12-15,17H2,1H3,(H,22,24). The fourth-order valence-corrected chi connectivity index (χ4v) is 3.43. The Morgan fingerprint density at radius 3 is 2.64 bits per heavy atom. The van der Waals surface area contributed by atoms with Crippen molar-refractivity contribution in [1.82, 2.24) is 25.0 Å². The number of benzene rings is 1. The van der Waals surface area contributed by atoms with Crippen molar-refractivity contribution in [3.05, 3.63) is 72.7 Å². The molecule has 0 amide bonds. The Hall–Kier alpha value is -3.35. The van der Waals surface area contributed by atoms with Crippen LogP contribution in [0.5, 0.6) is 0 Å². The van der Waals surface area contributed by atoms with Crippen LogP contribution in [-0.4, -0.2) is 58.9 Å². The molecule has 1 aromatic carbocycles. The van der Waals surface area contributed by atoms with Gasteiger partial charge < -0.3 is 15.1 Å². The van der Waals surface area contributed by atoms with Gasteiger partial charge in [0.2, 0.25) is 0 Å². The summed E-state index contributed by atoms with van der Waals surface area (Å²) in [6.45, 7) is 4.44. The minimum Gasteiger partial charge on any atom is -0.353 e. The second kappa shape index (κ2) is 8.56. The van der Waals surface area contributed by atoms with Gasteiger partial charge in [0.05, 0.1) is 5.69 Å². The van der Waals surface area contributed by atoms with Crippen molar-refractivity contribution in [2.75, 3.05) is 38.1 Å². The summed E-state index contributed by atoms with van der Waals surface area (Å²) >= 11 is 0. The largest absolute Gasteiger partial charge is 0.353 e. The lowest BCUT2D eigenvalue weighted by Crippen LogP contribution is -2.52. The summed E-state index contributed by atoms with van der Waals surface area (Å²) in [5.41, 5.74) is 2.25. The Balaban J connectivity index is 1.34. The molecule has 1 aliphatic heterocycles. The first-order chi connectivity index (χ1) is 13.8. The second-order valence-electron chi connectivity index (χ2n) is 6.68. The van der Waals surface area contributed by atoms with Gasteiger partial charge in [0.1, 0.15) is 5.82 Å². The summed E-state index contributed by atoms with van der Waals surface area (Å²) in [6, 6.07) is 16.4. The van der Waals surface area contributed by atoms with Gasteiger partial charge in [0.25, 0.3) is 0 Å². The summed E-state index contributed by atoms with van der Waals surface area (Å²) in [7, 11) is 1.84. The van der Waals surface area contributed by atoms with Crippen molar-refractivity contribution in [3.8, 4) is 5.69 Å². The molecule has 1 N–H and O–H groups in total. The highest BCUT2D eigenvalue weighted by atomic mass is 15.4. The zero-order valence-electron chi connectivity index (χ0n) is 16.1. The number of nitrogens with zero attached hydrogens (tertiary/aromatic N) is 6. The summed E-state index contributed by atoms with van der Waals surface area (Å²) < 4.78 is 1.87. The van der Waals surface area contributed by atoms with E-state index in [1.807, 2.05) is 42.3 Å². The summed E-state index contributed by atoms with van der Waals surface area (Å²) in [6.07, 6.45) is 5.59. The van der Waals surface area contributed by atoms with Crippen molar-refractivity contribution in [2.24, 2.45) is 4.99 Å². The molecular weight excluding hydrogens is 350 g/mol. The van der Waals surface area contributed by atoms with Crippen molar-refractivity contribution in [2.45, 2.75) is 6.54 Å². The lowest BCUT2D eigenvalue weighted by Gasteiger charge is -2.37. The van der Waals surface area contributed by atoms with E-state index in [1.54, 1.807) is 6.20 Å². The SMILES string of the molecule is CN=C(NCc1cccc(-n2cccn2)c1)N1CCN(c2ccccn2)CC1. The molecule has 1 saturated heterocycles. The average molecular weight is 375 g/mol. The molecule has 1 aliphatic rings. The van der Waals surface area contributed by atoms with Gasteiger partial charge in [-0.2, -0.15) is 5.10 Å². The molecule has 3 heterocycles. The number of hydrogen-bond acceptors (Lipinski definition) is 4. The van der Waals surface area contributed by atoms with Gasteiger partial charge in [0, 0.05) is 58.4 Å². The maximum absolute atomic E-state index is 4.48. The number of nitrogens with one attached hydrogen (secondary N) is 1. The van der Waals surface area contributed by atoms with E-state index < -0.39 is 0 Å². The maximum Gasteiger partial charge on any atom is 0.194 e. The Morgan fingerprint density at radius 1 is 1.04 bits per heavy atom. The highest BCUT2D eigenvalue weighted by Gasteiger charge is 2.20. The van der Waals surface area contributed by atoms with Crippen LogP contribution < -0.4 is 10.2 Å². The van der Waals surface area contributed by atoms with Crippen LogP contribution in [0.1, 0.15) is 5.56 Å². The molecule has 1 fully saturated rings. The molecule has 0 bridgehead atoms. The van der Waals surface area contributed by atoms with Gasteiger partial charge in [-0.3, -0.25) is 4.99 Å². The Morgan fingerprint density at radius 2 is 1.93 bits per heavy atom. The first-order valence-corrected chi connectivity index (χ1v) is 9.54. The molecule has 0 spiro atoms.